The number of nitro groups is 1. The fourth-order valence-corrected chi connectivity index (χ4v) is 2.14. The highest BCUT2D eigenvalue weighted by Crippen LogP contribution is 2.10. The molecule has 2 rings (SSSR count). The average Bonchev–Trinajstić information content (AvgIpc) is 2.64. The molecule has 0 amide bonds. The topological polar surface area (TPSA) is 176 Å². The molecule has 0 spiro atoms. The number of nitrogens with two attached hydrogens (primary N) is 1. The Kier molecular flexibility index (Phi) is 8.90. The molecular formula is C18H21N3O7. The molecule has 0 bridgehead atoms. The Morgan fingerprint density at radius 2 is 1.50 bits per heavy atom. The fourth-order valence-electron chi connectivity index (χ4n) is 2.14. The minimum atomic E-state index is -1.24. The number of carboxylic acid groups (broad SMARTS) is 2. The van der Waals surface area contributed by atoms with Crippen LogP contribution in [0, 0.1) is 10.1 Å². The smallest absolute Gasteiger partial charge is 0.332 e. The Morgan fingerprint density at radius 1 is 0.964 bits per heavy atom. The number of aliphatic carboxylic acids is 2. The third kappa shape index (κ3) is 8.63. The van der Waals surface area contributed by atoms with E-state index in [4.69, 9.17) is 21.1 Å². The molecule has 0 aromatic heterocycles. The van der Waals surface area contributed by atoms with Crippen molar-refractivity contribution in [3.63, 3.8) is 0 Å². The van der Waals surface area contributed by atoms with Crippen LogP contribution in [0.2, 0.25) is 0 Å². The summed E-state index contributed by atoms with van der Waals surface area (Å²) in [4.78, 5) is 31.2. The van der Waals surface area contributed by atoms with E-state index in [1.165, 1.54) is 12.1 Å². The molecule has 2 atom stereocenters. The number of phenols is 1. The van der Waals surface area contributed by atoms with Crippen LogP contribution in [0.5, 0.6) is 5.75 Å². The van der Waals surface area contributed by atoms with Gasteiger partial charge >= 0.3 is 11.9 Å². The lowest BCUT2D eigenvalue weighted by molar-refractivity contribution is -0.548. The first-order valence-corrected chi connectivity index (χ1v) is 8.12. The number of carbonyl (C=O) groups is 2. The lowest BCUT2D eigenvalue weighted by Gasteiger charge is -2.08. The lowest BCUT2D eigenvalue weighted by Crippen LogP contribution is -2.41. The molecule has 6 N–H and O–H groups in total. The summed E-state index contributed by atoms with van der Waals surface area (Å²) in [5.41, 5.74) is 8.61. The molecule has 10 nitrogen and oxygen atoms in total. The third-order valence-corrected chi connectivity index (χ3v) is 3.55. The summed E-state index contributed by atoms with van der Waals surface area (Å²) in [7, 11) is 0. The zero-order valence-electron chi connectivity index (χ0n) is 14.8. The van der Waals surface area contributed by atoms with Crippen molar-refractivity contribution in [2.75, 3.05) is 0 Å². The summed E-state index contributed by atoms with van der Waals surface area (Å²) in [5.74, 6) is -2.10. The first kappa shape index (κ1) is 22.4. The zero-order valence-corrected chi connectivity index (χ0v) is 14.8. The van der Waals surface area contributed by atoms with Crippen LogP contribution < -0.4 is 11.2 Å². The molecule has 0 saturated heterocycles. The Hall–Kier alpha value is -3.66. The minimum Gasteiger partial charge on any atom is -0.508 e. The van der Waals surface area contributed by atoms with E-state index in [0.717, 1.165) is 11.1 Å². The number of hydrogen-bond donors (Lipinski definition) is 5. The normalized spacial score (nSPS) is 12.0. The Bertz CT molecular complexity index is 782. The number of hydrogen-bond acceptors (Lipinski definition) is 6. The van der Waals surface area contributed by atoms with Gasteiger partial charge in [-0.05, 0) is 29.7 Å². The van der Waals surface area contributed by atoms with E-state index in [-0.39, 0.29) is 18.6 Å². The predicted octanol–water partition coefficient (Wildman–Crippen LogP) is 0.810. The van der Waals surface area contributed by atoms with Crippen molar-refractivity contribution < 1.29 is 29.9 Å². The van der Waals surface area contributed by atoms with Gasteiger partial charge in [-0.1, -0.05) is 42.5 Å². The van der Waals surface area contributed by atoms with Crippen LogP contribution in [0.15, 0.2) is 54.6 Å². The van der Waals surface area contributed by atoms with Crippen molar-refractivity contribution in [2.24, 2.45) is 5.73 Å². The van der Waals surface area contributed by atoms with Crippen molar-refractivity contribution in [3.8, 4) is 5.75 Å². The van der Waals surface area contributed by atoms with E-state index in [2.05, 4.69) is 0 Å². The van der Waals surface area contributed by atoms with Gasteiger partial charge in [-0.2, -0.15) is 0 Å². The number of aromatic hydroxyl groups is 1. The summed E-state index contributed by atoms with van der Waals surface area (Å²) in [6.45, 7) is 0. The van der Waals surface area contributed by atoms with Crippen LogP contribution in [0.1, 0.15) is 11.1 Å². The molecule has 10 heteroatoms. The minimum absolute atomic E-state index is 0.0805. The third-order valence-electron chi connectivity index (χ3n) is 3.55. The lowest BCUT2D eigenvalue weighted by atomic mass is 10.1. The Balaban J connectivity index is 0.000000283. The number of hydrazine groups is 1. The van der Waals surface area contributed by atoms with Gasteiger partial charge in [-0.25, -0.2) is 14.9 Å². The van der Waals surface area contributed by atoms with Gasteiger partial charge in [-0.15, -0.1) is 5.43 Å². The summed E-state index contributed by atoms with van der Waals surface area (Å²) < 4.78 is 0. The molecule has 0 aliphatic rings. The number of rotatable bonds is 8. The molecule has 0 unspecified atom stereocenters. The van der Waals surface area contributed by atoms with Gasteiger partial charge in [0, 0.05) is 6.42 Å². The number of benzene rings is 2. The summed E-state index contributed by atoms with van der Waals surface area (Å²) in [5, 5.41) is 35.5. The van der Waals surface area contributed by atoms with Crippen molar-refractivity contribution in [2.45, 2.75) is 24.9 Å². The van der Waals surface area contributed by atoms with Crippen LogP contribution in [0.3, 0.4) is 0 Å². The molecule has 2 aromatic rings. The van der Waals surface area contributed by atoms with Crippen LogP contribution in [0.4, 0.5) is 0 Å². The summed E-state index contributed by atoms with van der Waals surface area (Å²) >= 11 is 0. The summed E-state index contributed by atoms with van der Waals surface area (Å²) in [6, 6.07) is 13.0. The van der Waals surface area contributed by atoms with Gasteiger partial charge < -0.3 is 21.1 Å². The van der Waals surface area contributed by atoms with E-state index in [1.54, 1.807) is 47.9 Å². The largest absolute Gasteiger partial charge is 0.508 e. The van der Waals surface area contributed by atoms with Crippen molar-refractivity contribution in [1.29, 1.82) is 0 Å². The Morgan fingerprint density at radius 3 is 1.96 bits per heavy atom. The van der Waals surface area contributed by atoms with Crippen LogP contribution in [-0.4, -0.2) is 44.4 Å². The highest BCUT2D eigenvalue weighted by Gasteiger charge is 2.22. The first-order valence-electron chi connectivity index (χ1n) is 8.12. The van der Waals surface area contributed by atoms with E-state index in [1.807, 2.05) is 0 Å². The second kappa shape index (κ2) is 11.1. The molecule has 2 aromatic carbocycles. The monoisotopic (exact) mass is 391 g/mol. The fraction of sp³-hybridized carbons (Fsp3) is 0.222. The molecule has 28 heavy (non-hydrogen) atoms. The highest BCUT2D eigenvalue weighted by molar-refractivity contribution is 5.74. The number of nitrogens with one attached hydrogen (secondary N) is 1. The molecule has 150 valence electrons. The first-order chi connectivity index (χ1) is 13.2. The van der Waals surface area contributed by atoms with Crippen molar-refractivity contribution >= 4 is 11.9 Å². The number of phenolic OH excluding ortho intramolecular Hbond substituents is 1. The molecular weight excluding hydrogens is 370 g/mol. The second-order valence-electron chi connectivity index (χ2n) is 5.78. The standard InChI is InChI=1S/C9H10N2O4.C9H11NO3/c12-9(13)8(10-11(14)15)6-7-4-2-1-3-5-7;10-8(9(12)13)5-6-1-3-7(11)4-2-6/h1-5,8,10H,6H2,(H,12,13);1-4,8,11H,5,10H2,(H,12,13)/t2*8-/m00/s1. The Labute approximate surface area is 160 Å². The SMILES string of the molecule is N[C@@H](Cc1ccc(O)cc1)C(=O)O.O=C(O)[C@H](Cc1ccccc1)N[N+](=O)[O-]. The van der Waals surface area contributed by atoms with E-state index in [9.17, 15) is 19.7 Å². The quantitative estimate of drug-likeness (QED) is 0.322. The van der Waals surface area contributed by atoms with Gasteiger partial charge in [-0.3, -0.25) is 4.79 Å². The zero-order chi connectivity index (χ0) is 21.1. The van der Waals surface area contributed by atoms with Gasteiger partial charge in [0.25, 0.3) is 0 Å². The van der Waals surface area contributed by atoms with Crippen LogP contribution in [0.25, 0.3) is 0 Å². The average molecular weight is 391 g/mol. The molecule has 0 heterocycles. The van der Waals surface area contributed by atoms with Crippen molar-refractivity contribution in [3.05, 3.63) is 75.8 Å². The van der Waals surface area contributed by atoms with E-state index >= 15 is 0 Å². The van der Waals surface area contributed by atoms with Gasteiger partial charge in [0.15, 0.2) is 11.1 Å². The molecule has 0 saturated carbocycles. The summed E-state index contributed by atoms with van der Waals surface area (Å²) in [6.07, 6.45) is 0.354. The van der Waals surface area contributed by atoms with Gasteiger partial charge in [0.05, 0.1) is 0 Å². The highest BCUT2D eigenvalue weighted by atomic mass is 16.7. The molecule has 0 radical (unpaired) electrons. The molecule has 0 aliphatic carbocycles. The van der Waals surface area contributed by atoms with E-state index < -0.39 is 29.1 Å². The maximum Gasteiger partial charge on any atom is 0.332 e. The number of carboxylic acids is 2. The number of nitrogens with zero attached hydrogens (tertiary/aromatic N) is 1. The maximum atomic E-state index is 10.7. The van der Waals surface area contributed by atoms with E-state index in [0.29, 0.717) is 0 Å². The van der Waals surface area contributed by atoms with Gasteiger partial charge in [0.2, 0.25) is 0 Å². The van der Waals surface area contributed by atoms with Crippen LogP contribution in [-0.2, 0) is 22.4 Å². The molecule has 0 aliphatic heterocycles. The molecule has 0 fully saturated rings. The predicted molar refractivity (Wildman–Crippen MR) is 99.1 cm³/mol. The maximum absolute atomic E-state index is 10.7. The van der Waals surface area contributed by atoms with Gasteiger partial charge in [0.1, 0.15) is 11.8 Å². The van der Waals surface area contributed by atoms with Crippen molar-refractivity contribution in [1.82, 2.24) is 5.43 Å². The second-order valence-corrected chi connectivity index (χ2v) is 5.78. The van der Waals surface area contributed by atoms with Crippen LogP contribution >= 0.6 is 0 Å².